The number of aromatic nitrogens is 2. The number of anilines is 1. The normalized spacial score (nSPS) is 22.6. The van der Waals surface area contributed by atoms with Gasteiger partial charge in [0.05, 0.1) is 11.3 Å². The predicted molar refractivity (Wildman–Crippen MR) is 82.3 cm³/mol. The Hall–Kier alpha value is -1.65. The number of hydrogen-bond acceptors (Lipinski definition) is 4. The fourth-order valence-corrected chi connectivity index (χ4v) is 2.97. The number of rotatable bonds is 3. The van der Waals surface area contributed by atoms with E-state index in [1.54, 1.807) is 0 Å². The zero-order valence-electron chi connectivity index (χ0n) is 12.9. The Morgan fingerprint density at radius 3 is 2.35 bits per heavy atom. The zero-order chi connectivity index (χ0) is 14.9. The molecule has 0 aromatic carbocycles. The summed E-state index contributed by atoms with van der Waals surface area (Å²) < 4.78 is 0. The maximum atomic E-state index is 7.84. The minimum atomic E-state index is 0.0755. The molecule has 1 aliphatic rings. The van der Waals surface area contributed by atoms with Crippen LogP contribution in [0.25, 0.3) is 0 Å². The summed E-state index contributed by atoms with van der Waals surface area (Å²) in [5, 5.41) is 16.4. The second kappa shape index (κ2) is 5.77. The molecule has 1 aromatic rings. The number of nitrogen functional groups attached to an aromatic ring is 1. The van der Waals surface area contributed by atoms with E-state index >= 15 is 0 Å². The largest absolute Gasteiger partial charge is 0.384 e. The van der Waals surface area contributed by atoms with E-state index in [1.165, 1.54) is 25.7 Å². The van der Waals surface area contributed by atoms with Crippen LogP contribution >= 0.6 is 0 Å². The Balaban J connectivity index is 2.32. The maximum Gasteiger partial charge on any atom is 0.162 e. The molecule has 110 valence electrons. The van der Waals surface area contributed by atoms with Crippen molar-refractivity contribution in [1.29, 1.82) is 5.41 Å². The number of aryl methyl sites for hydroxylation is 1. The lowest BCUT2D eigenvalue weighted by molar-refractivity contribution is 0.339. The van der Waals surface area contributed by atoms with Crippen molar-refractivity contribution >= 4 is 11.7 Å². The average Bonchev–Trinajstić information content (AvgIpc) is 2.41. The second-order valence-electron chi connectivity index (χ2n) is 6.05. The molecule has 1 heterocycles. The highest BCUT2D eigenvalue weighted by atomic mass is 15.3. The summed E-state index contributed by atoms with van der Waals surface area (Å²) in [5.74, 6) is 1.64. The van der Waals surface area contributed by atoms with Gasteiger partial charge in [-0.05, 0) is 51.0 Å². The van der Waals surface area contributed by atoms with Gasteiger partial charge in [-0.1, -0.05) is 6.92 Å². The van der Waals surface area contributed by atoms with Gasteiger partial charge >= 0.3 is 0 Å². The highest BCUT2D eigenvalue weighted by molar-refractivity contribution is 6.01. The van der Waals surface area contributed by atoms with Crippen molar-refractivity contribution < 1.29 is 0 Å². The van der Waals surface area contributed by atoms with Gasteiger partial charge in [-0.25, -0.2) is 0 Å². The Bertz CT molecular complexity index is 503. The van der Waals surface area contributed by atoms with Gasteiger partial charge in [-0.2, -0.15) is 5.10 Å². The highest BCUT2D eigenvalue weighted by Crippen LogP contribution is 2.30. The molecule has 5 nitrogen and oxygen atoms in total. The molecule has 20 heavy (non-hydrogen) atoms. The predicted octanol–water partition coefficient (Wildman–Crippen LogP) is 2.39. The van der Waals surface area contributed by atoms with E-state index in [0.717, 1.165) is 28.6 Å². The molecule has 3 N–H and O–H groups in total. The first-order chi connectivity index (χ1) is 9.41. The molecule has 0 aliphatic heterocycles. The molecule has 0 radical (unpaired) electrons. The Morgan fingerprint density at radius 2 is 1.80 bits per heavy atom. The van der Waals surface area contributed by atoms with Gasteiger partial charge in [-0.3, -0.25) is 5.41 Å². The molecule has 1 fully saturated rings. The first kappa shape index (κ1) is 14.8. The quantitative estimate of drug-likeness (QED) is 0.656. The number of amidine groups is 1. The molecule has 2 rings (SSSR count). The Morgan fingerprint density at radius 1 is 1.20 bits per heavy atom. The summed E-state index contributed by atoms with van der Waals surface area (Å²) in [4.78, 5) is 2.17. The minimum Gasteiger partial charge on any atom is -0.384 e. The number of nitrogens with zero attached hydrogens (tertiary/aromatic N) is 3. The summed E-state index contributed by atoms with van der Waals surface area (Å²) in [6, 6.07) is 0.473. The van der Waals surface area contributed by atoms with Crippen LogP contribution < -0.4 is 10.6 Å². The van der Waals surface area contributed by atoms with Crippen molar-refractivity contribution in [2.45, 2.75) is 52.5 Å². The summed E-state index contributed by atoms with van der Waals surface area (Å²) in [5.41, 5.74) is 8.29. The summed E-state index contributed by atoms with van der Waals surface area (Å²) in [6.45, 7) is 6.18. The van der Waals surface area contributed by atoms with Gasteiger partial charge in [-0.15, -0.1) is 5.10 Å². The molecule has 0 saturated heterocycles. The van der Waals surface area contributed by atoms with Crippen LogP contribution in [0.4, 0.5) is 5.82 Å². The monoisotopic (exact) mass is 275 g/mol. The molecule has 1 saturated carbocycles. The van der Waals surface area contributed by atoms with Gasteiger partial charge in [0.2, 0.25) is 0 Å². The van der Waals surface area contributed by atoms with Crippen LogP contribution in [-0.2, 0) is 0 Å². The van der Waals surface area contributed by atoms with E-state index < -0.39 is 0 Å². The topological polar surface area (TPSA) is 78.9 Å². The minimum absolute atomic E-state index is 0.0755. The Kier molecular flexibility index (Phi) is 4.26. The lowest BCUT2D eigenvalue weighted by Crippen LogP contribution is -2.37. The van der Waals surface area contributed by atoms with Crippen molar-refractivity contribution in [2.24, 2.45) is 11.7 Å². The molecule has 0 spiro atoms. The van der Waals surface area contributed by atoms with E-state index in [4.69, 9.17) is 11.1 Å². The molecular weight excluding hydrogens is 250 g/mol. The average molecular weight is 275 g/mol. The zero-order valence-corrected chi connectivity index (χ0v) is 12.9. The molecular formula is C15H25N5. The first-order valence-electron chi connectivity index (χ1n) is 7.33. The van der Waals surface area contributed by atoms with Gasteiger partial charge in [0.1, 0.15) is 5.84 Å². The van der Waals surface area contributed by atoms with Gasteiger partial charge in [0.15, 0.2) is 5.82 Å². The van der Waals surface area contributed by atoms with E-state index in [9.17, 15) is 0 Å². The summed E-state index contributed by atoms with van der Waals surface area (Å²) in [7, 11) is 2.05. The van der Waals surface area contributed by atoms with Gasteiger partial charge in [0, 0.05) is 13.1 Å². The van der Waals surface area contributed by atoms with E-state index in [1.807, 2.05) is 20.9 Å². The standard InChI is InChI=1S/C15H25N5/c1-9-5-7-12(8-6-9)20(4)15-13(14(16)17)10(2)11(3)18-19-15/h9,12H,5-8H2,1-4H3,(H3,16,17). The van der Waals surface area contributed by atoms with E-state index in [2.05, 4.69) is 22.0 Å². The molecule has 0 bridgehead atoms. The fraction of sp³-hybridized carbons (Fsp3) is 0.667. The highest BCUT2D eigenvalue weighted by Gasteiger charge is 2.26. The summed E-state index contributed by atoms with van der Waals surface area (Å²) in [6.07, 6.45) is 4.85. The Labute approximate surface area is 121 Å². The van der Waals surface area contributed by atoms with Crippen LogP contribution in [0.5, 0.6) is 0 Å². The number of nitrogens with two attached hydrogens (primary N) is 1. The molecule has 0 atom stereocenters. The van der Waals surface area contributed by atoms with Crippen LogP contribution in [0.1, 0.15) is 49.4 Å². The van der Waals surface area contributed by atoms with Crippen molar-refractivity contribution in [3.63, 3.8) is 0 Å². The molecule has 1 aliphatic carbocycles. The van der Waals surface area contributed by atoms with Gasteiger partial charge in [0.25, 0.3) is 0 Å². The van der Waals surface area contributed by atoms with Crippen LogP contribution in [0.3, 0.4) is 0 Å². The van der Waals surface area contributed by atoms with E-state index in [0.29, 0.717) is 6.04 Å². The fourth-order valence-electron chi connectivity index (χ4n) is 2.97. The molecule has 0 amide bonds. The first-order valence-corrected chi connectivity index (χ1v) is 7.33. The second-order valence-corrected chi connectivity index (χ2v) is 6.05. The van der Waals surface area contributed by atoms with Crippen LogP contribution in [0, 0.1) is 25.2 Å². The lowest BCUT2D eigenvalue weighted by Gasteiger charge is -2.35. The van der Waals surface area contributed by atoms with Crippen molar-refractivity contribution in [3.05, 3.63) is 16.8 Å². The van der Waals surface area contributed by atoms with Crippen molar-refractivity contribution in [1.82, 2.24) is 10.2 Å². The lowest BCUT2D eigenvalue weighted by atomic mass is 9.86. The van der Waals surface area contributed by atoms with Gasteiger partial charge < -0.3 is 10.6 Å². The number of nitrogens with one attached hydrogen (secondary N) is 1. The van der Waals surface area contributed by atoms with E-state index in [-0.39, 0.29) is 5.84 Å². The third-order valence-electron chi connectivity index (χ3n) is 4.57. The smallest absolute Gasteiger partial charge is 0.162 e. The van der Waals surface area contributed by atoms with Crippen LogP contribution in [0.15, 0.2) is 0 Å². The number of hydrogen-bond donors (Lipinski definition) is 2. The third-order valence-corrected chi connectivity index (χ3v) is 4.57. The third kappa shape index (κ3) is 2.76. The van der Waals surface area contributed by atoms with Crippen LogP contribution in [-0.4, -0.2) is 29.1 Å². The molecule has 1 aromatic heterocycles. The van der Waals surface area contributed by atoms with Crippen molar-refractivity contribution in [2.75, 3.05) is 11.9 Å². The molecule has 5 heteroatoms. The van der Waals surface area contributed by atoms with Crippen molar-refractivity contribution in [3.8, 4) is 0 Å². The van der Waals surface area contributed by atoms with Crippen LogP contribution in [0.2, 0.25) is 0 Å². The maximum absolute atomic E-state index is 7.84. The SMILES string of the molecule is Cc1nnc(N(C)C2CCC(C)CC2)c(C(=N)N)c1C. The molecule has 0 unspecified atom stereocenters. The summed E-state index contributed by atoms with van der Waals surface area (Å²) >= 11 is 0.